The summed E-state index contributed by atoms with van der Waals surface area (Å²) in [4.78, 5) is 17.4. The Labute approximate surface area is 126 Å². The summed E-state index contributed by atoms with van der Waals surface area (Å²) >= 11 is 3.38. The summed E-state index contributed by atoms with van der Waals surface area (Å²) in [5.74, 6) is -0.868. The highest BCUT2D eigenvalue weighted by molar-refractivity contribution is 9.10. The number of likely N-dealkylation sites (N-methyl/N-ethyl adjacent to an activating group) is 1. The van der Waals surface area contributed by atoms with E-state index in [1.54, 1.807) is 24.5 Å². The topological polar surface area (TPSA) is 58.4 Å². The van der Waals surface area contributed by atoms with E-state index in [4.69, 9.17) is 0 Å². The van der Waals surface area contributed by atoms with Crippen LogP contribution in [0.5, 0.6) is 0 Å². The number of hydrogen-bond acceptors (Lipinski definition) is 3. The highest BCUT2D eigenvalue weighted by Crippen LogP contribution is 2.24. The molecule has 6 heteroatoms. The van der Waals surface area contributed by atoms with Gasteiger partial charge in [0.1, 0.15) is 6.04 Å². The molecule has 0 radical (unpaired) electrons. The SMILES string of the molecule is CN(Cc1cncn1C)C(C(=O)O)c1cccc(Br)c1. The molecule has 5 nitrogen and oxygen atoms in total. The first-order valence-electron chi connectivity index (χ1n) is 6.12. The average Bonchev–Trinajstić information content (AvgIpc) is 2.74. The van der Waals surface area contributed by atoms with Gasteiger partial charge in [0, 0.05) is 24.3 Å². The minimum absolute atomic E-state index is 0.514. The molecule has 2 aromatic rings. The van der Waals surface area contributed by atoms with Crippen LogP contribution in [0.15, 0.2) is 41.3 Å². The summed E-state index contributed by atoms with van der Waals surface area (Å²) in [6.07, 6.45) is 3.45. The van der Waals surface area contributed by atoms with E-state index in [9.17, 15) is 9.90 Å². The number of nitrogens with zero attached hydrogens (tertiary/aromatic N) is 3. The molecule has 2 rings (SSSR count). The van der Waals surface area contributed by atoms with Gasteiger partial charge in [-0.25, -0.2) is 4.98 Å². The fraction of sp³-hybridized carbons (Fsp3) is 0.286. The average molecular weight is 338 g/mol. The maximum atomic E-state index is 11.6. The molecule has 1 unspecified atom stereocenters. The van der Waals surface area contributed by atoms with Crippen molar-refractivity contribution in [2.45, 2.75) is 12.6 Å². The van der Waals surface area contributed by atoms with E-state index in [1.165, 1.54) is 0 Å². The Kier molecular flexibility index (Phi) is 4.57. The Balaban J connectivity index is 2.25. The first-order valence-corrected chi connectivity index (χ1v) is 6.92. The summed E-state index contributed by atoms with van der Waals surface area (Å²) < 4.78 is 2.76. The standard InChI is InChI=1S/C14H16BrN3O2/c1-17(8-12-7-16-9-18(12)2)13(14(19)20)10-4-3-5-11(15)6-10/h3-7,9,13H,8H2,1-2H3,(H,19,20). The Morgan fingerprint density at radius 2 is 2.30 bits per heavy atom. The summed E-state index contributed by atoms with van der Waals surface area (Å²) in [5.41, 5.74) is 1.71. The van der Waals surface area contributed by atoms with Gasteiger partial charge in [-0.1, -0.05) is 28.1 Å². The Morgan fingerprint density at radius 3 is 2.85 bits per heavy atom. The molecule has 106 valence electrons. The molecule has 1 N–H and O–H groups in total. The molecule has 0 amide bonds. The van der Waals surface area contributed by atoms with Crippen molar-refractivity contribution in [2.75, 3.05) is 7.05 Å². The third kappa shape index (κ3) is 3.26. The number of carboxylic acid groups (broad SMARTS) is 1. The smallest absolute Gasteiger partial charge is 0.325 e. The molecular weight excluding hydrogens is 322 g/mol. The number of aromatic nitrogens is 2. The van der Waals surface area contributed by atoms with E-state index in [2.05, 4.69) is 20.9 Å². The second-order valence-corrected chi connectivity index (χ2v) is 5.62. The van der Waals surface area contributed by atoms with Crippen molar-refractivity contribution in [1.29, 1.82) is 0 Å². The Hall–Kier alpha value is -1.66. The normalized spacial score (nSPS) is 12.6. The maximum Gasteiger partial charge on any atom is 0.325 e. The van der Waals surface area contributed by atoms with Gasteiger partial charge in [-0.15, -0.1) is 0 Å². The number of aliphatic carboxylic acids is 1. The lowest BCUT2D eigenvalue weighted by Crippen LogP contribution is -2.31. The molecule has 20 heavy (non-hydrogen) atoms. The van der Waals surface area contributed by atoms with Gasteiger partial charge in [0.25, 0.3) is 0 Å². The van der Waals surface area contributed by atoms with Crippen molar-refractivity contribution in [3.63, 3.8) is 0 Å². The van der Waals surface area contributed by atoms with Crippen LogP contribution in [0.1, 0.15) is 17.3 Å². The number of rotatable bonds is 5. The van der Waals surface area contributed by atoms with Crippen molar-refractivity contribution in [2.24, 2.45) is 7.05 Å². The van der Waals surface area contributed by atoms with Gasteiger partial charge in [0.15, 0.2) is 0 Å². The van der Waals surface area contributed by atoms with E-state index in [0.717, 1.165) is 15.7 Å². The van der Waals surface area contributed by atoms with Crippen LogP contribution in [-0.2, 0) is 18.4 Å². The first kappa shape index (κ1) is 14.7. The fourth-order valence-electron chi connectivity index (χ4n) is 2.15. The molecular formula is C14H16BrN3O2. The number of hydrogen-bond donors (Lipinski definition) is 1. The molecule has 1 aromatic carbocycles. The number of halogens is 1. The Bertz CT molecular complexity index is 612. The van der Waals surface area contributed by atoms with Gasteiger partial charge < -0.3 is 9.67 Å². The van der Waals surface area contributed by atoms with Gasteiger partial charge in [0.2, 0.25) is 0 Å². The van der Waals surface area contributed by atoms with Crippen LogP contribution < -0.4 is 0 Å². The van der Waals surface area contributed by atoms with E-state index in [1.807, 2.05) is 35.9 Å². The number of carbonyl (C=O) groups is 1. The molecule has 0 aliphatic heterocycles. The maximum absolute atomic E-state index is 11.6. The minimum Gasteiger partial charge on any atom is -0.480 e. The fourth-order valence-corrected chi connectivity index (χ4v) is 2.56. The monoisotopic (exact) mass is 337 g/mol. The van der Waals surface area contributed by atoms with Crippen LogP contribution in [0, 0.1) is 0 Å². The molecule has 1 aromatic heterocycles. The molecule has 0 saturated carbocycles. The second-order valence-electron chi connectivity index (χ2n) is 4.71. The molecule has 0 spiro atoms. The molecule has 1 atom stereocenters. The van der Waals surface area contributed by atoms with Crippen LogP contribution in [0.2, 0.25) is 0 Å². The summed E-state index contributed by atoms with van der Waals surface area (Å²) in [6.45, 7) is 0.514. The van der Waals surface area contributed by atoms with E-state index in [0.29, 0.717) is 6.54 Å². The lowest BCUT2D eigenvalue weighted by atomic mass is 10.1. The highest BCUT2D eigenvalue weighted by Gasteiger charge is 2.25. The van der Waals surface area contributed by atoms with Crippen LogP contribution in [-0.4, -0.2) is 32.6 Å². The third-order valence-electron chi connectivity index (χ3n) is 3.17. The number of imidazole rings is 1. The predicted octanol–water partition coefficient (Wildman–Crippen LogP) is 2.44. The number of benzene rings is 1. The lowest BCUT2D eigenvalue weighted by Gasteiger charge is -2.25. The summed E-state index contributed by atoms with van der Waals surface area (Å²) in [7, 11) is 3.69. The number of aryl methyl sites for hydroxylation is 1. The summed E-state index contributed by atoms with van der Waals surface area (Å²) in [5, 5.41) is 9.51. The van der Waals surface area contributed by atoms with Crippen LogP contribution in [0.3, 0.4) is 0 Å². The molecule has 0 aliphatic carbocycles. The number of carboxylic acids is 1. The molecule has 0 fully saturated rings. The van der Waals surface area contributed by atoms with Crippen LogP contribution in [0.4, 0.5) is 0 Å². The van der Waals surface area contributed by atoms with Crippen molar-refractivity contribution in [3.05, 3.63) is 52.5 Å². The molecule has 0 saturated heterocycles. The van der Waals surface area contributed by atoms with Gasteiger partial charge in [-0.2, -0.15) is 0 Å². The zero-order valence-electron chi connectivity index (χ0n) is 11.3. The quantitative estimate of drug-likeness (QED) is 0.910. The van der Waals surface area contributed by atoms with Crippen molar-refractivity contribution in [1.82, 2.24) is 14.5 Å². The molecule has 0 bridgehead atoms. The van der Waals surface area contributed by atoms with E-state index < -0.39 is 12.0 Å². The second kappa shape index (κ2) is 6.19. The first-order chi connectivity index (χ1) is 9.49. The lowest BCUT2D eigenvalue weighted by molar-refractivity contribution is -0.143. The van der Waals surface area contributed by atoms with Gasteiger partial charge >= 0.3 is 5.97 Å². The third-order valence-corrected chi connectivity index (χ3v) is 3.66. The van der Waals surface area contributed by atoms with E-state index >= 15 is 0 Å². The van der Waals surface area contributed by atoms with Crippen LogP contribution in [0.25, 0.3) is 0 Å². The van der Waals surface area contributed by atoms with Gasteiger partial charge in [0.05, 0.1) is 12.0 Å². The highest BCUT2D eigenvalue weighted by atomic mass is 79.9. The van der Waals surface area contributed by atoms with Crippen molar-refractivity contribution < 1.29 is 9.90 Å². The largest absolute Gasteiger partial charge is 0.480 e. The zero-order chi connectivity index (χ0) is 14.7. The van der Waals surface area contributed by atoms with E-state index in [-0.39, 0.29) is 0 Å². The summed E-state index contributed by atoms with van der Waals surface area (Å²) in [6, 6.07) is 6.68. The Morgan fingerprint density at radius 1 is 1.55 bits per heavy atom. The van der Waals surface area contributed by atoms with Crippen molar-refractivity contribution in [3.8, 4) is 0 Å². The van der Waals surface area contributed by atoms with Crippen molar-refractivity contribution >= 4 is 21.9 Å². The van der Waals surface area contributed by atoms with Gasteiger partial charge in [-0.05, 0) is 24.7 Å². The predicted molar refractivity (Wildman–Crippen MR) is 79.2 cm³/mol. The van der Waals surface area contributed by atoms with Gasteiger partial charge in [-0.3, -0.25) is 9.69 Å². The molecule has 0 aliphatic rings. The van der Waals surface area contributed by atoms with Crippen LogP contribution >= 0.6 is 15.9 Å². The minimum atomic E-state index is -0.868. The zero-order valence-corrected chi connectivity index (χ0v) is 12.9. The molecule has 1 heterocycles.